The molecule has 1 N–H and O–H groups in total. The van der Waals surface area contributed by atoms with Gasteiger partial charge in [-0.1, -0.05) is 25.5 Å². The first kappa shape index (κ1) is 15.0. The molecule has 1 saturated heterocycles. The lowest BCUT2D eigenvalue weighted by Crippen LogP contribution is -2.50. The molecule has 4 heteroatoms. The summed E-state index contributed by atoms with van der Waals surface area (Å²) in [6.45, 7) is 6.29. The number of piperazine rings is 1. The zero-order valence-electron chi connectivity index (χ0n) is 12.4. The Labute approximate surface area is 121 Å². The summed E-state index contributed by atoms with van der Waals surface area (Å²) in [5.74, 6) is -0.266. The summed E-state index contributed by atoms with van der Waals surface area (Å²) in [6.07, 6.45) is 2.41. The fourth-order valence-corrected chi connectivity index (χ4v) is 2.78. The van der Waals surface area contributed by atoms with Crippen LogP contribution in [0.3, 0.4) is 0 Å². The molecular weight excluding hydrogens is 252 g/mol. The molecule has 1 heterocycles. The highest BCUT2D eigenvalue weighted by Gasteiger charge is 2.21. The van der Waals surface area contributed by atoms with Gasteiger partial charge in [-0.05, 0) is 24.1 Å². The molecule has 0 bridgehead atoms. The molecule has 1 aliphatic heterocycles. The summed E-state index contributed by atoms with van der Waals surface area (Å²) in [6, 6.07) is 8.35. The Balaban J connectivity index is 2.06. The average molecular weight is 276 g/mol. The lowest BCUT2D eigenvalue weighted by molar-refractivity contribution is 0.0600. The second-order valence-electron chi connectivity index (χ2n) is 5.31. The predicted octanol–water partition coefficient (Wildman–Crippen LogP) is 2.05. The van der Waals surface area contributed by atoms with E-state index in [0.717, 1.165) is 26.2 Å². The lowest BCUT2D eigenvalue weighted by atomic mass is 10.1. The molecule has 1 fully saturated rings. The van der Waals surface area contributed by atoms with Crippen LogP contribution in [0.25, 0.3) is 0 Å². The molecule has 0 unspecified atom stereocenters. The standard InChI is InChI=1S/C16H24N2O2/c1-3-5-15-11-17-8-9-18(15)12-13-6-4-7-14(10-13)16(19)20-2/h4,6-7,10,15,17H,3,5,8-9,11-12H2,1-2H3/t15-/m0/s1. The number of benzene rings is 1. The Kier molecular flexibility index (Phi) is 5.56. The molecule has 0 aliphatic carbocycles. The number of nitrogens with one attached hydrogen (secondary N) is 1. The van der Waals surface area contributed by atoms with Crippen LogP contribution in [0.15, 0.2) is 24.3 Å². The van der Waals surface area contributed by atoms with E-state index in [1.165, 1.54) is 25.5 Å². The Hall–Kier alpha value is -1.39. The van der Waals surface area contributed by atoms with Crippen LogP contribution in [-0.2, 0) is 11.3 Å². The number of ether oxygens (including phenoxy) is 1. The van der Waals surface area contributed by atoms with Crippen LogP contribution in [0, 0.1) is 0 Å². The summed E-state index contributed by atoms with van der Waals surface area (Å²) >= 11 is 0. The van der Waals surface area contributed by atoms with Crippen LogP contribution in [0.1, 0.15) is 35.7 Å². The smallest absolute Gasteiger partial charge is 0.337 e. The Morgan fingerprint density at radius 3 is 3.10 bits per heavy atom. The molecule has 0 radical (unpaired) electrons. The Morgan fingerprint density at radius 1 is 1.50 bits per heavy atom. The van der Waals surface area contributed by atoms with Gasteiger partial charge in [0, 0.05) is 32.2 Å². The van der Waals surface area contributed by atoms with Crippen molar-refractivity contribution in [2.75, 3.05) is 26.7 Å². The zero-order chi connectivity index (χ0) is 14.4. The predicted molar refractivity (Wildman–Crippen MR) is 79.8 cm³/mol. The fraction of sp³-hybridized carbons (Fsp3) is 0.562. The van der Waals surface area contributed by atoms with E-state index >= 15 is 0 Å². The van der Waals surface area contributed by atoms with Gasteiger partial charge in [-0.3, -0.25) is 4.90 Å². The van der Waals surface area contributed by atoms with Gasteiger partial charge in [-0.25, -0.2) is 4.79 Å². The maximum Gasteiger partial charge on any atom is 0.337 e. The van der Waals surface area contributed by atoms with Crippen LogP contribution in [0.5, 0.6) is 0 Å². The maximum atomic E-state index is 11.6. The van der Waals surface area contributed by atoms with Crippen molar-refractivity contribution in [2.24, 2.45) is 0 Å². The molecule has 20 heavy (non-hydrogen) atoms. The van der Waals surface area contributed by atoms with Crippen molar-refractivity contribution < 1.29 is 9.53 Å². The number of carbonyl (C=O) groups excluding carboxylic acids is 1. The first-order valence-corrected chi connectivity index (χ1v) is 7.36. The average Bonchev–Trinajstić information content (AvgIpc) is 2.49. The monoisotopic (exact) mass is 276 g/mol. The topological polar surface area (TPSA) is 41.6 Å². The van der Waals surface area contributed by atoms with Crippen molar-refractivity contribution in [1.29, 1.82) is 0 Å². The zero-order valence-corrected chi connectivity index (χ0v) is 12.4. The van der Waals surface area contributed by atoms with Crippen molar-refractivity contribution >= 4 is 5.97 Å². The molecule has 0 spiro atoms. The molecule has 4 nitrogen and oxygen atoms in total. The van der Waals surface area contributed by atoms with Gasteiger partial charge in [0.25, 0.3) is 0 Å². The van der Waals surface area contributed by atoms with Crippen LogP contribution in [-0.4, -0.2) is 43.7 Å². The number of hydrogen-bond acceptors (Lipinski definition) is 4. The van der Waals surface area contributed by atoms with E-state index in [1.807, 2.05) is 12.1 Å². The summed E-state index contributed by atoms with van der Waals surface area (Å²) in [4.78, 5) is 14.1. The van der Waals surface area contributed by atoms with E-state index in [4.69, 9.17) is 4.74 Å². The van der Waals surface area contributed by atoms with E-state index in [1.54, 1.807) is 6.07 Å². The molecule has 0 amide bonds. The van der Waals surface area contributed by atoms with Crippen molar-refractivity contribution in [2.45, 2.75) is 32.4 Å². The molecule has 1 aromatic rings. The molecule has 1 aliphatic rings. The second kappa shape index (κ2) is 7.41. The molecular formula is C16H24N2O2. The summed E-state index contributed by atoms with van der Waals surface area (Å²) < 4.78 is 4.78. The number of methoxy groups -OCH3 is 1. The van der Waals surface area contributed by atoms with Gasteiger partial charge in [0.1, 0.15) is 0 Å². The van der Waals surface area contributed by atoms with Gasteiger partial charge in [-0.2, -0.15) is 0 Å². The van der Waals surface area contributed by atoms with E-state index in [-0.39, 0.29) is 5.97 Å². The highest BCUT2D eigenvalue weighted by Crippen LogP contribution is 2.15. The molecule has 0 saturated carbocycles. The second-order valence-corrected chi connectivity index (χ2v) is 5.31. The van der Waals surface area contributed by atoms with Crippen molar-refractivity contribution in [3.8, 4) is 0 Å². The first-order valence-electron chi connectivity index (χ1n) is 7.36. The van der Waals surface area contributed by atoms with Crippen molar-refractivity contribution in [3.05, 3.63) is 35.4 Å². The van der Waals surface area contributed by atoms with E-state index in [0.29, 0.717) is 11.6 Å². The van der Waals surface area contributed by atoms with Gasteiger partial charge in [-0.15, -0.1) is 0 Å². The normalized spacial score (nSPS) is 19.8. The number of nitrogens with zero attached hydrogens (tertiary/aromatic N) is 1. The number of carbonyl (C=O) groups is 1. The minimum Gasteiger partial charge on any atom is -0.465 e. The number of rotatable bonds is 5. The van der Waals surface area contributed by atoms with Crippen molar-refractivity contribution in [3.63, 3.8) is 0 Å². The quantitative estimate of drug-likeness (QED) is 0.836. The van der Waals surface area contributed by atoms with E-state index < -0.39 is 0 Å². The third-order valence-corrected chi connectivity index (χ3v) is 3.83. The number of hydrogen-bond donors (Lipinski definition) is 1. The van der Waals surface area contributed by atoms with E-state index in [9.17, 15) is 4.79 Å². The Bertz CT molecular complexity index is 446. The highest BCUT2D eigenvalue weighted by molar-refractivity contribution is 5.89. The fourth-order valence-electron chi connectivity index (χ4n) is 2.78. The van der Waals surface area contributed by atoms with Gasteiger partial charge < -0.3 is 10.1 Å². The maximum absolute atomic E-state index is 11.6. The van der Waals surface area contributed by atoms with Crippen LogP contribution < -0.4 is 5.32 Å². The van der Waals surface area contributed by atoms with Crippen LogP contribution in [0.2, 0.25) is 0 Å². The van der Waals surface area contributed by atoms with Gasteiger partial charge in [0.2, 0.25) is 0 Å². The molecule has 0 aromatic heterocycles. The Morgan fingerprint density at radius 2 is 2.35 bits per heavy atom. The van der Waals surface area contributed by atoms with Gasteiger partial charge in [0.15, 0.2) is 0 Å². The molecule has 110 valence electrons. The summed E-state index contributed by atoms with van der Waals surface area (Å²) in [5, 5.41) is 3.46. The minimum atomic E-state index is -0.266. The summed E-state index contributed by atoms with van der Waals surface area (Å²) in [7, 11) is 1.42. The van der Waals surface area contributed by atoms with Gasteiger partial charge in [0.05, 0.1) is 12.7 Å². The summed E-state index contributed by atoms with van der Waals surface area (Å²) in [5.41, 5.74) is 1.81. The van der Waals surface area contributed by atoms with Crippen LogP contribution >= 0.6 is 0 Å². The third kappa shape index (κ3) is 3.81. The lowest BCUT2D eigenvalue weighted by Gasteiger charge is -2.36. The van der Waals surface area contributed by atoms with E-state index in [2.05, 4.69) is 23.2 Å². The molecule has 1 atom stereocenters. The third-order valence-electron chi connectivity index (χ3n) is 3.83. The number of esters is 1. The van der Waals surface area contributed by atoms with Gasteiger partial charge >= 0.3 is 5.97 Å². The molecule has 1 aromatic carbocycles. The van der Waals surface area contributed by atoms with Crippen LogP contribution in [0.4, 0.5) is 0 Å². The van der Waals surface area contributed by atoms with Crippen molar-refractivity contribution in [1.82, 2.24) is 10.2 Å². The largest absolute Gasteiger partial charge is 0.465 e. The molecule has 2 rings (SSSR count). The SMILES string of the molecule is CCC[C@H]1CNCCN1Cc1cccc(C(=O)OC)c1. The minimum absolute atomic E-state index is 0.266. The first-order chi connectivity index (χ1) is 9.74. The highest BCUT2D eigenvalue weighted by atomic mass is 16.5.